The Hall–Kier alpha value is -0.860. The molecule has 0 aliphatic rings. The van der Waals surface area contributed by atoms with Gasteiger partial charge in [-0.3, -0.25) is 4.90 Å². The van der Waals surface area contributed by atoms with Crippen LogP contribution in [0.3, 0.4) is 0 Å². The van der Waals surface area contributed by atoms with Crippen LogP contribution in [0, 0.1) is 5.92 Å². The molecule has 102 valence electrons. The van der Waals surface area contributed by atoms with E-state index in [9.17, 15) is 0 Å². The summed E-state index contributed by atoms with van der Waals surface area (Å²) in [5.74, 6) is 0.691. The van der Waals surface area contributed by atoms with Crippen molar-refractivity contribution in [3.63, 3.8) is 0 Å². The van der Waals surface area contributed by atoms with Gasteiger partial charge in [0.05, 0.1) is 0 Å². The number of hydrogen-bond donors (Lipinski definition) is 1. The summed E-state index contributed by atoms with van der Waals surface area (Å²) in [5.41, 5.74) is 7.06. The number of nitrogens with two attached hydrogens (primary N) is 1. The number of hydrogen-bond acceptors (Lipinski definition) is 2. The van der Waals surface area contributed by atoms with Crippen LogP contribution in [0.2, 0.25) is 0 Å². The minimum absolute atomic E-state index is 0.650. The Morgan fingerprint density at radius 1 is 1.17 bits per heavy atom. The minimum atomic E-state index is 0.650. The Kier molecular flexibility index (Phi) is 6.99. The molecule has 0 heterocycles. The monoisotopic (exact) mass is 248 g/mol. The first kappa shape index (κ1) is 15.2. The summed E-state index contributed by atoms with van der Waals surface area (Å²) in [4.78, 5) is 2.59. The van der Waals surface area contributed by atoms with Crippen molar-refractivity contribution in [3.8, 4) is 0 Å². The largest absolute Gasteiger partial charge is 0.330 e. The van der Waals surface area contributed by atoms with Gasteiger partial charge in [-0.05, 0) is 37.4 Å². The SMILES string of the molecule is CCC(C(C)C)N(CCCN)Cc1ccccc1. The van der Waals surface area contributed by atoms with Crippen molar-refractivity contribution >= 4 is 0 Å². The zero-order valence-electron chi connectivity index (χ0n) is 12.1. The van der Waals surface area contributed by atoms with E-state index >= 15 is 0 Å². The minimum Gasteiger partial charge on any atom is -0.330 e. The van der Waals surface area contributed by atoms with Crippen molar-refractivity contribution in [3.05, 3.63) is 35.9 Å². The lowest BCUT2D eigenvalue weighted by Gasteiger charge is -2.34. The van der Waals surface area contributed by atoms with Gasteiger partial charge in [0.25, 0.3) is 0 Å². The molecule has 0 saturated heterocycles. The van der Waals surface area contributed by atoms with E-state index in [2.05, 4.69) is 56.0 Å². The molecule has 2 N–H and O–H groups in total. The number of benzene rings is 1. The highest BCUT2D eigenvalue weighted by atomic mass is 15.2. The standard InChI is InChI=1S/C16H28N2/c1-4-16(14(2)3)18(12-8-11-17)13-15-9-6-5-7-10-15/h5-7,9-10,14,16H,4,8,11-13,17H2,1-3H3. The molecule has 0 spiro atoms. The summed E-state index contributed by atoms with van der Waals surface area (Å²) >= 11 is 0. The van der Waals surface area contributed by atoms with Gasteiger partial charge in [0.1, 0.15) is 0 Å². The van der Waals surface area contributed by atoms with Crippen LogP contribution in [-0.4, -0.2) is 24.0 Å². The molecule has 2 heteroatoms. The Bertz CT molecular complexity index is 308. The lowest BCUT2D eigenvalue weighted by atomic mass is 9.99. The quantitative estimate of drug-likeness (QED) is 0.765. The van der Waals surface area contributed by atoms with Gasteiger partial charge in [-0.2, -0.15) is 0 Å². The molecule has 0 bridgehead atoms. The molecule has 0 amide bonds. The Morgan fingerprint density at radius 3 is 2.33 bits per heavy atom. The molecule has 1 rings (SSSR count). The van der Waals surface area contributed by atoms with Gasteiger partial charge < -0.3 is 5.73 Å². The molecular formula is C16H28N2. The van der Waals surface area contributed by atoms with Crippen LogP contribution in [0.5, 0.6) is 0 Å². The zero-order chi connectivity index (χ0) is 13.4. The average molecular weight is 248 g/mol. The molecule has 1 unspecified atom stereocenters. The molecule has 0 aliphatic carbocycles. The molecule has 0 saturated carbocycles. The Labute approximate surface area is 112 Å². The summed E-state index contributed by atoms with van der Waals surface area (Å²) < 4.78 is 0. The molecule has 0 fully saturated rings. The van der Waals surface area contributed by atoms with Gasteiger partial charge in [0, 0.05) is 12.6 Å². The van der Waals surface area contributed by atoms with Crippen molar-refractivity contribution in [2.75, 3.05) is 13.1 Å². The van der Waals surface area contributed by atoms with Crippen molar-refractivity contribution in [2.45, 2.75) is 46.2 Å². The van der Waals surface area contributed by atoms with E-state index in [4.69, 9.17) is 5.73 Å². The average Bonchev–Trinajstić information content (AvgIpc) is 2.37. The third kappa shape index (κ3) is 4.79. The van der Waals surface area contributed by atoms with E-state index in [0.29, 0.717) is 12.0 Å². The highest BCUT2D eigenvalue weighted by molar-refractivity contribution is 5.14. The summed E-state index contributed by atoms with van der Waals surface area (Å²) in [6.45, 7) is 9.83. The van der Waals surface area contributed by atoms with E-state index in [1.54, 1.807) is 0 Å². The van der Waals surface area contributed by atoms with Crippen LogP contribution in [0.4, 0.5) is 0 Å². The van der Waals surface area contributed by atoms with Gasteiger partial charge in [-0.1, -0.05) is 51.1 Å². The lowest BCUT2D eigenvalue weighted by molar-refractivity contribution is 0.141. The van der Waals surface area contributed by atoms with Crippen molar-refractivity contribution in [1.29, 1.82) is 0 Å². The zero-order valence-corrected chi connectivity index (χ0v) is 12.1. The van der Waals surface area contributed by atoms with Gasteiger partial charge in [-0.25, -0.2) is 0 Å². The van der Waals surface area contributed by atoms with Crippen LogP contribution in [0.15, 0.2) is 30.3 Å². The fourth-order valence-corrected chi connectivity index (χ4v) is 2.63. The maximum Gasteiger partial charge on any atom is 0.0236 e. The van der Waals surface area contributed by atoms with Crippen LogP contribution in [0.25, 0.3) is 0 Å². The van der Waals surface area contributed by atoms with E-state index in [0.717, 1.165) is 26.1 Å². The fraction of sp³-hybridized carbons (Fsp3) is 0.625. The van der Waals surface area contributed by atoms with Gasteiger partial charge in [-0.15, -0.1) is 0 Å². The number of nitrogens with zero attached hydrogens (tertiary/aromatic N) is 1. The van der Waals surface area contributed by atoms with E-state index < -0.39 is 0 Å². The first-order valence-corrected chi connectivity index (χ1v) is 7.17. The van der Waals surface area contributed by atoms with Crippen molar-refractivity contribution < 1.29 is 0 Å². The molecule has 0 aromatic heterocycles. The van der Waals surface area contributed by atoms with Crippen LogP contribution in [0.1, 0.15) is 39.2 Å². The normalized spacial score (nSPS) is 13.2. The third-order valence-electron chi connectivity index (χ3n) is 3.53. The summed E-state index contributed by atoms with van der Waals surface area (Å²) in [7, 11) is 0. The smallest absolute Gasteiger partial charge is 0.0236 e. The van der Waals surface area contributed by atoms with Gasteiger partial charge >= 0.3 is 0 Å². The second-order valence-corrected chi connectivity index (χ2v) is 5.32. The molecule has 0 radical (unpaired) electrons. The highest BCUT2D eigenvalue weighted by Gasteiger charge is 2.19. The Morgan fingerprint density at radius 2 is 1.83 bits per heavy atom. The fourth-order valence-electron chi connectivity index (χ4n) is 2.63. The second kappa shape index (κ2) is 8.28. The lowest BCUT2D eigenvalue weighted by Crippen LogP contribution is -2.39. The number of rotatable bonds is 8. The molecule has 2 nitrogen and oxygen atoms in total. The molecule has 0 aliphatic heterocycles. The van der Waals surface area contributed by atoms with Crippen LogP contribution < -0.4 is 5.73 Å². The van der Waals surface area contributed by atoms with E-state index in [-0.39, 0.29) is 0 Å². The van der Waals surface area contributed by atoms with Gasteiger partial charge in [0.15, 0.2) is 0 Å². The van der Waals surface area contributed by atoms with Crippen LogP contribution >= 0.6 is 0 Å². The first-order chi connectivity index (χ1) is 8.69. The first-order valence-electron chi connectivity index (χ1n) is 7.17. The Balaban J connectivity index is 2.71. The summed E-state index contributed by atoms with van der Waals surface area (Å²) in [5, 5.41) is 0. The van der Waals surface area contributed by atoms with Crippen molar-refractivity contribution in [1.82, 2.24) is 4.90 Å². The van der Waals surface area contributed by atoms with Gasteiger partial charge in [0.2, 0.25) is 0 Å². The maximum absolute atomic E-state index is 5.66. The van der Waals surface area contributed by atoms with E-state index in [1.165, 1.54) is 12.0 Å². The highest BCUT2D eigenvalue weighted by Crippen LogP contribution is 2.18. The third-order valence-corrected chi connectivity index (χ3v) is 3.53. The summed E-state index contributed by atoms with van der Waals surface area (Å²) in [6, 6.07) is 11.4. The topological polar surface area (TPSA) is 29.3 Å². The summed E-state index contributed by atoms with van der Waals surface area (Å²) in [6.07, 6.45) is 2.28. The maximum atomic E-state index is 5.66. The molecular weight excluding hydrogens is 220 g/mol. The molecule has 1 aromatic rings. The van der Waals surface area contributed by atoms with Crippen molar-refractivity contribution in [2.24, 2.45) is 11.7 Å². The molecule has 1 atom stereocenters. The molecule has 18 heavy (non-hydrogen) atoms. The van der Waals surface area contributed by atoms with Crippen LogP contribution in [-0.2, 0) is 6.54 Å². The predicted molar refractivity (Wildman–Crippen MR) is 79.4 cm³/mol. The van der Waals surface area contributed by atoms with E-state index in [1.807, 2.05) is 0 Å². The second-order valence-electron chi connectivity index (χ2n) is 5.32. The predicted octanol–water partition coefficient (Wildman–Crippen LogP) is 3.27. The molecule has 1 aromatic carbocycles.